The molecule has 6 heteroatoms. The number of piperazine rings is 1. The first kappa shape index (κ1) is 15.9. The molecule has 1 fully saturated rings. The van der Waals surface area contributed by atoms with Crippen LogP contribution >= 0.6 is 12.4 Å². The van der Waals surface area contributed by atoms with Crippen molar-refractivity contribution in [3.63, 3.8) is 0 Å². The molecule has 5 nitrogen and oxygen atoms in total. The molecule has 1 aliphatic heterocycles. The molecule has 1 aromatic carbocycles. The molecule has 3 rings (SSSR count). The molecule has 0 saturated carbocycles. The Bertz CT molecular complexity index is 494. The normalized spacial score (nSPS) is 16.6. The van der Waals surface area contributed by atoms with Gasteiger partial charge in [-0.05, 0) is 5.56 Å². The van der Waals surface area contributed by atoms with Gasteiger partial charge in [0.1, 0.15) is 0 Å². The Hall–Kier alpha value is -1.43. The van der Waals surface area contributed by atoms with Crippen molar-refractivity contribution in [1.82, 2.24) is 24.8 Å². The van der Waals surface area contributed by atoms with E-state index in [1.807, 2.05) is 10.9 Å². The fraction of sp³-hybridized carbons (Fsp3) is 0.467. The standard InChI is InChI=1S/C15H21N5.ClH/c1-2-4-15(5-3-1)14-19-10-8-18(9-11-19)12-13-20-7-6-16-17-20;/h1-7H,8-14H2;1H. The van der Waals surface area contributed by atoms with E-state index in [2.05, 4.69) is 50.4 Å². The van der Waals surface area contributed by atoms with E-state index in [-0.39, 0.29) is 12.4 Å². The largest absolute Gasteiger partial charge is 0.299 e. The summed E-state index contributed by atoms with van der Waals surface area (Å²) in [5.74, 6) is 0. The topological polar surface area (TPSA) is 37.2 Å². The van der Waals surface area contributed by atoms with Crippen LogP contribution in [0.2, 0.25) is 0 Å². The summed E-state index contributed by atoms with van der Waals surface area (Å²) in [6, 6.07) is 10.7. The highest BCUT2D eigenvalue weighted by atomic mass is 35.5. The molecule has 2 aromatic rings. The number of aromatic nitrogens is 3. The van der Waals surface area contributed by atoms with Crippen molar-refractivity contribution in [3.05, 3.63) is 48.3 Å². The molecular weight excluding hydrogens is 286 g/mol. The van der Waals surface area contributed by atoms with Crippen molar-refractivity contribution in [1.29, 1.82) is 0 Å². The zero-order valence-corrected chi connectivity index (χ0v) is 13.0. The SMILES string of the molecule is Cl.c1ccc(CN2CCN(CCn3ccnn3)CC2)cc1. The van der Waals surface area contributed by atoms with Gasteiger partial charge in [0.2, 0.25) is 0 Å². The average Bonchev–Trinajstić information content (AvgIpc) is 3.01. The lowest BCUT2D eigenvalue weighted by molar-refractivity contribution is 0.123. The molecule has 0 atom stereocenters. The maximum atomic E-state index is 4.00. The highest BCUT2D eigenvalue weighted by Crippen LogP contribution is 2.08. The minimum Gasteiger partial charge on any atom is -0.299 e. The third kappa shape index (κ3) is 4.81. The summed E-state index contributed by atoms with van der Waals surface area (Å²) in [7, 11) is 0. The monoisotopic (exact) mass is 307 g/mol. The van der Waals surface area contributed by atoms with Gasteiger partial charge in [0.05, 0.1) is 12.7 Å². The number of hydrogen-bond acceptors (Lipinski definition) is 4. The molecule has 0 amide bonds. The van der Waals surface area contributed by atoms with Crippen molar-refractivity contribution in [2.75, 3.05) is 32.7 Å². The van der Waals surface area contributed by atoms with E-state index in [0.717, 1.165) is 45.8 Å². The van der Waals surface area contributed by atoms with Crippen molar-refractivity contribution in [2.45, 2.75) is 13.1 Å². The Balaban J connectivity index is 0.00000161. The van der Waals surface area contributed by atoms with Crippen LogP contribution < -0.4 is 0 Å². The van der Waals surface area contributed by atoms with Gasteiger partial charge in [0.15, 0.2) is 0 Å². The van der Waals surface area contributed by atoms with Crippen molar-refractivity contribution in [3.8, 4) is 0 Å². The first-order valence-corrected chi connectivity index (χ1v) is 7.23. The van der Waals surface area contributed by atoms with Gasteiger partial charge in [-0.3, -0.25) is 14.5 Å². The van der Waals surface area contributed by atoms with Gasteiger partial charge in [0, 0.05) is 45.5 Å². The zero-order valence-electron chi connectivity index (χ0n) is 12.1. The summed E-state index contributed by atoms with van der Waals surface area (Å²) < 4.78 is 1.90. The Morgan fingerprint density at radius 1 is 0.905 bits per heavy atom. The Morgan fingerprint density at radius 3 is 2.29 bits per heavy atom. The maximum Gasteiger partial charge on any atom is 0.0692 e. The van der Waals surface area contributed by atoms with Crippen molar-refractivity contribution in [2.24, 2.45) is 0 Å². The van der Waals surface area contributed by atoms with Gasteiger partial charge in [-0.2, -0.15) is 0 Å². The van der Waals surface area contributed by atoms with Crippen LogP contribution in [-0.4, -0.2) is 57.5 Å². The van der Waals surface area contributed by atoms with Gasteiger partial charge in [-0.25, -0.2) is 0 Å². The average molecular weight is 308 g/mol. The summed E-state index contributed by atoms with van der Waals surface area (Å²) in [4.78, 5) is 5.03. The number of benzene rings is 1. The molecule has 1 aliphatic rings. The van der Waals surface area contributed by atoms with E-state index in [9.17, 15) is 0 Å². The van der Waals surface area contributed by atoms with Crippen molar-refractivity contribution >= 4 is 12.4 Å². The predicted octanol–water partition coefficient (Wildman–Crippen LogP) is 1.52. The summed E-state index contributed by atoms with van der Waals surface area (Å²) in [6.07, 6.45) is 3.66. The lowest BCUT2D eigenvalue weighted by Crippen LogP contribution is -2.46. The molecule has 1 saturated heterocycles. The summed E-state index contributed by atoms with van der Waals surface area (Å²) in [5.41, 5.74) is 1.41. The number of rotatable bonds is 5. The zero-order chi connectivity index (χ0) is 13.6. The predicted molar refractivity (Wildman–Crippen MR) is 85.4 cm³/mol. The van der Waals surface area contributed by atoms with E-state index in [4.69, 9.17) is 0 Å². The molecule has 2 heterocycles. The summed E-state index contributed by atoms with van der Waals surface area (Å²) in [6.45, 7) is 7.63. The smallest absolute Gasteiger partial charge is 0.0692 e. The third-order valence-electron chi connectivity index (χ3n) is 3.83. The lowest BCUT2D eigenvalue weighted by Gasteiger charge is -2.34. The summed E-state index contributed by atoms with van der Waals surface area (Å²) in [5, 5.41) is 7.83. The second-order valence-corrected chi connectivity index (χ2v) is 5.27. The number of hydrogen-bond donors (Lipinski definition) is 0. The molecule has 0 N–H and O–H groups in total. The summed E-state index contributed by atoms with van der Waals surface area (Å²) >= 11 is 0. The number of halogens is 1. The van der Waals surface area contributed by atoms with E-state index < -0.39 is 0 Å². The second kappa shape index (κ2) is 8.12. The molecule has 1 aromatic heterocycles. The van der Waals surface area contributed by atoms with E-state index in [0.29, 0.717) is 0 Å². The van der Waals surface area contributed by atoms with Crippen molar-refractivity contribution < 1.29 is 0 Å². The molecule has 21 heavy (non-hydrogen) atoms. The van der Waals surface area contributed by atoms with Crippen LogP contribution in [0, 0.1) is 0 Å². The molecule has 0 unspecified atom stereocenters. The van der Waals surface area contributed by atoms with Crippen LogP contribution in [0.1, 0.15) is 5.56 Å². The van der Waals surface area contributed by atoms with Crippen LogP contribution in [0.3, 0.4) is 0 Å². The lowest BCUT2D eigenvalue weighted by atomic mass is 10.2. The van der Waals surface area contributed by atoms with E-state index in [1.165, 1.54) is 5.56 Å². The highest BCUT2D eigenvalue weighted by molar-refractivity contribution is 5.85. The molecule has 0 bridgehead atoms. The fourth-order valence-corrected chi connectivity index (χ4v) is 2.61. The minimum absolute atomic E-state index is 0. The third-order valence-corrected chi connectivity index (χ3v) is 3.83. The Morgan fingerprint density at radius 2 is 1.62 bits per heavy atom. The first-order valence-electron chi connectivity index (χ1n) is 7.23. The first-order chi connectivity index (χ1) is 9.90. The Kier molecular flexibility index (Phi) is 6.17. The molecule has 0 spiro atoms. The molecule has 0 aliphatic carbocycles. The van der Waals surface area contributed by atoms with Gasteiger partial charge in [-0.15, -0.1) is 17.5 Å². The molecular formula is C15H22ClN5. The van der Waals surface area contributed by atoms with E-state index in [1.54, 1.807) is 6.20 Å². The van der Waals surface area contributed by atoms with Gasteiger partial charge >= 0.3 is 0 Å². The molecule has 0 radical (unpaired) electrons. The highest BCUT2D eigenvalue weighted by Gasteiger charge is 2.16. The number of nitrogens with zero attached hydrogens (tertiary/aromatic N) is 5. The van der Waals surface area contributed by atoms with Crippen LogP contribution in [0.4, 0.5) is 0 Å². The Labute approximate surface area is 132 Å². The minimum atomic E-state index is 0. The van der Waals surface area contributed by atoms with Crippen LogP contribution in [-0.2, 0) is 13.1 Å². The maximum absolute atomic E-state index is 4.00. The quantitative estimate of drug-likeness (QED) is 0.839. The van der Waals surface area contributed by atoms with E-state index >= 15 is 0 Å². The van der Waals surface area contributed by atoms with Gasteiger partial charge in [0.25, 0.3) is 0 Å². The second-order valence-electron chi connectivity index (χ2n) is 5.27. The van der Waals surface area contributed by atoms with Crippen LogP contribution in [0.5, 0.6) is 0 Å². The van der Waals surface area contributed by atoms with Gasteiger partial charge in [-0.1, -0.05) is 35.5 Å². The molecule has 114 valence electrons. The van der Waals surface area contributed by atoms with Gasteiger partial charge < -0.3 is 0 Å². The van der Waals surface area contributed by atoms with Crippen LogP contribution in [0.25, 0.3) is 0 Å². The fourth-order valence-electron chi connectivity index (χ4n) is 2.61. The van der Waals surface area contributed by atoms with Crippen LogP contribution in [0.15, 0.2) is 42.7 Å².